The van der Waals surface area contributed by atoms with E-state index in [1.807, 2.05) is 12.1 Å². The molecule has 2 rings (SSSR count). The second kappa shape index (κ2) is 5.17. The molecule has 78 valence electrons. The van der Waals surface area contributed by atoms with Crippen molar-refractivity contribution in [1.29, 1.82) is 0 Å². The minimum Gasteiger partial charge on any atom is -0.469 e. The SMILES string of the molecule is c1coc(CCNCC2CCCN2)c1. The molecular weight excluding hydrogens is 176 g/mol. The summed E-state index contributed by atoms with van der Waals surface area (Å²) in [7, 11) is 0. The van der Waals surface area contributed by atoms with E-state index in [0.717, 1.165) is 25.3 Å². The Bertz CT molecular complexity index is 240. The molecule has 0 spiro atoms. The Morgan fingerprint density at radius 2 is 2.57 bits per heavy atom. The van der Waals surface area contributed by atoms with Crippen LogP contribution in [0.15, 0.2) is 22.8 Å². The standard InChI is InChI=1S/C11H18N2O/c1-3-10(13-6-1)9-12-7-5-11-4-2-8-14-11/h2,4,8,10,12-13H,1,3,5-7,9H2. The first-order valence-corrected chi connectivity index (χ1v) is 5.41. The number of hydrogen-bond acceptors (Lipinski definition) is 3. The summed E-state index contributed by atoms with van der Waals surface area (Å²) in [5, 5.41) is 6.91. The molecule has 1 aliphatic heterocycles. The van der Waals surface area contributed by atoms with Crippen molar-refractivity contribution in [2.24, 2.45) is 0 Å². The first-order valence-electron chi connectivity index (χ1n) is 5.41. The average Bonchev–Trinajstić information content (AvgIpc) is 2.86. The van der Waals surface area contributed by atoms with Gasteiger partial charge in [-0.2, -0.15) is 0 Å². The van der Waals surface area contributed by atoms with Crippen molar-refractivity contribution in [2.45, 2.75) is 25.3 Å². The Kier molecular flexibility index (Phi) is 3.60. The van der Waals surface area contributed by atoms with Gasteiger partial charge in [-0.15, -0.1) is 0 Å². The van der Waals surface area contributed by atoms with Gasteiger partial charge in [0.15, 0.2) is 0 Å². The molecule has 0 saturated carbocycles. The molecule has 2 N–H and O–H groups in total. The molecule has 1 fully saturated rings. The van der Waals surface area contributed by atoms with Crippen molar-refractivity contribution in [3.63, 3.8) is 0 Å². The Hall–Kier alpha value is -0.800. The first kappa shape index (κ1) is 9.74. The summed E-state index contributed by atoms with van der Waals surface area (Å²) in [5.74, 6) is 1.07. The van der Waals surface area contributed by atoms with Crippen LogP contribution < -0.4 is 10.6 Å². The van der Waals surface area contributed by atoms with Crippen molar-refractivity contribution in [1.82, 2.24) is 10.6 Å². The molecule has 0 radical (unpaired) electrons. The van der Waals surface area contributed by atoms with Gasteiger partial charge in [0, 0.05) is 25.6 Å². The van der Waals surface area contributed by atoms with E-state index in [0.29, 0.717) is 6.04 Å². The molecule has 0 aromatic carbocycles. The predicted molar refractivity (Wildman–Crippen MR) is 56.3 cm³/mol. The molecule has 0 amide bonds. The van der Waals surface area contributed by atoms with Crippen LogP contribution in [0.3, 0.4) is 0 Å². The lowest BCUT2D eigenvalue weighted by Crippen LogP contribution is -2.34. The molecular formula is C11H18N2O. The van der Waals surface area contributed by atoms with Crippen molar-refractivity contribution in [3.05, 3.63) is 24.2 Å². The molecule has 3 heteroatoms. The van der Waals surface area contributed by atoms with Crippen LogP contribution in [0.25, 0.3) is 0 Å². The zero-order chi connectivity index (χ0) is 9.64. The predicted octanol–water partition coefficient (Wildman–Crippen LogP) is 1.16. The van der Waals surface area contributed by atoms with E-state index in [1.54, 1.807) is 6.26 Å². The second-order valence-corrected chi connectivity index (χ2v) is 3.83. The quantitative estimate of drug-likeness (QED) is 0.691. The second-order valence-electron chi connectivity index (χ2n) is 3.83. The topological polar surface area (TPSA) is 37.2 Å². The van der Waals surface area contributed by atoms with E-state index in [4.69, 9.17) is 4.42 Å². The van der Waals surface area contributed by atoms with Crippen molar-refractivity contribution in [2.75, 3.05) is 19.6 Å². The summed E-state index contributed by atoms with van der Waals surface area (Å²) in [6, 6.07) is 4.65. The summed E-state index contributed by atoms with van der Waals surface area (Å²) >= 11 is 0. The van der Waals surface area contributed by atoms with E-state index in [1.165, 1.54) is 19.4 Å². The molecule has 0 bridgehead atoms. The van der Waals surface area contributed by atoms with Gasteiger partial charge >= 0.3 is 0 Å². The van der Waals surface area contributed by atoms with Gasteiger partial charge in [-0.1, -0.05) is 0 Å². The van der Waals surface area contributed by atoms with Crippen LogP contribution in [0.4, 0.5) is 0 Å². The summed E-state index contributed by atoms with van der Waals surface area (Å²) in [4.78, 5) is 0. The largest absolute Gasteiger partial charge is 0.469 e. The van der Waals surface area contributed by atoms with E-state index in [2.05, 4.69) is 10.6 Å². The van der Waals surface area contributed by atoms with Crippen LogP contribution in [0.5, 0.6) is 0 Å². The highest BCUT2D eigenvalue weighted by molar-refractivity contribution is 4.98. The fourth-order valence-corrected chi connectivity index (χ4v) is 1.87. The van der Waals surface area contributed by atoms with Crippen LogP contribution in [0, 0.1) is 0 Å². The maximum absolute atomic E-state index is 5.25. The Morgan fingerprint density at radius 1 is 1.57 bits per heavy atom. The highest BCUT2D eigenvalue weighted by atomic mass is 16.3. The molecule has 1 aliphatic rings. The minimum atomic E-state index is 0.687. The fraction of sp³-hybridized carbons (Fsp3) is 0.636. The van der Waals surface area contributed by atoms with Gasteiger partial charge in [-0.3, -0.25) is 0 Å². The summed E-state index contributed by atoms with van der Waals surface area (Å²) in [6.45, 7) is 3.27. The van der Waals surface area contributed by atoms with E-state index >= 15 is 0 Å². The maximum Gasteiger partial charge on any atom is 0.105 e. The average molecular weight is 194 g/mol. The zero-order valence-corrected chi connectivity index (χ0v) is 8.46. The number of furan rings is 1. The third-order valence-corrected chi connectivity index (χ3v) is 2.68. The molecule has 0 aliphatic carbocycles. The van der Waals surface area contributed by atoms with Gasteiger partial charge in [0.2, 0.25) is 0 Å². The maximum atomic E-state index is 5.25. The van der Waals surface area contributed by atoms with Crippen LogP contribution in [-0.2, 0) is 6.42 Å². The van der Waals surface area contributed by atoms with Gasteiger partial charge in [-0.05, 0) is 31.5 Å². The van der Waals surface area contributed by atoms with Gasteiger partial charge < -0.3 is 15.1 Å². The van der Waals surface area contributed by atoms with E-state index in [-0.39, 0.29) is 0 Å². The van der Waals surface area contributed by atoms with Crippen LogP contribution in [-0.4, -0.2) is 25.7 Å². The molecule has 1 saturated heterocycles. The zero-order valence-electron chi connectivity index (χ0n) is 8.46. The number of nitrogens with one attached hydrogen (secondary N) is 2. The summed E-state index contributed by atoms with van der Waals surface area (Å²) in [5.41, 5.74) is 0. The molecule has 1 unspecified atom stereocenters. The third-order valence-electron chi connectivity index (χ3n) is 2.68. The number of hydrogen-bond donors (Lipinski definition) is 2. The normalized spacial score (nSPS) is 21.6. The van der Waals surface area contributed by atoms with Crippen molar-refractivity contribution < 1.29 is 4.42 Å². The monoisotopic (exact) mass is 194 g/mol. The van der Waals surface area contributed by atoms with E-state index in [9.17, 15) is 0 Å². The van der Waals surface area contributed by atoms with E-state index < -0.39 is 0 Å². The fourth-order valence-electron chi connectivity index (χ4n) is 1.87. The van der Waals surface area contributed by atoms with Gasteiger partial charge in [0.05, 0.1) is 6.26 Å². The molecule has 14 heavy (non-hydrogen) atoms. The van der Waals surface area contributed by atoms with Gasteiger partial charge in [0.25, 0.3) is 0 Å². The summed E-state index contributed by atoms with van der Waals surface area (Å²) < 4.78 is 5.25. The smallest absolute Gasteiger partial charge is 0.105 e. The van der Waals surface area contributed by atoms with Crippen molar-refractivity contribution in [3.8, 4) is 0 Å². The third kappa shape index (κ3) is 2.86. The Balaban J connectivity index is 1.55. The molecule has 1 atom stereocenters. The van der Waals surface area contributed by atoms with Crippen LogP contribution in [0.1, 0.15) is 18.6 Å². The highest BCUT2D eigenvalue weighted by Crippen LogP contribution is 2.03. The lowest BCUT2D eigenvalue weighted by Gasteiger charge is -2.10. The summed E-state index contributed by atoms with van der Waals surface area (Å²) in [6.07, 6.45) is 5.35. The molecule has 1 aromatic rings. The van der Waals surface area contributed by atoms with Crippen molar-refractivity contribution >= 4 is 0 Å². The van der Waals surface area contributed by atoms with Gasteiger partial charge in [0.1, 0.15) is 5.76 Å². The number of rotatable bonds is 5. The first-order chi connectivity index (χ1) is 6.95. The molecule has 2 heterocycles. The van der Waals surface area contributed by atoms with Crippen LogP contribution in [0.2, 0.25) is 0 Å². The Morgan fingerprint density at radius 3 is 3.29 bits per heavy atom. The molecule has 1 aromatic heterocycles. The molecule has 3 nitrogen and oxygen atoms in total. The Labute approximate surface area is 84.9 Å². The highest BCUT2D eigenvalue weighted by Gasteiger charge is 2.12. The lowest BCUT2D eigenvalue weighted by molar-refractivity contribution is 0.485. The lowest BCUT2D eigenvalue weighted by atomic mass is 10.2. The van der Waals surface area contributed by atoms with Crippen LogP contribution >= 0.6 is 0 Å². The van der Waals surface area contributed by atoms with Gasteiger partial charge in [-0.25, -0.2) is 0 Å². The minimum absolute atomic E-state index is 0.687.